The van der Waals surface area contributed by atoms with Gasteiger partial charge in [-0.25, -0.2) is 4.98 Å². The third-order valence-electron chi connectivity index (χ3n) is 5.68. The molecule has 0 spiro atoms. The molecule has 0 aliphatic carbocycles. The molecule has 1 aromatic carbocycles. The van der Waals surface area contributed by atoms with Gasteiger partial charge in [0.15, 0.2) is 0 Å². The van der Waals surface area contributed by atoms with Gasteiger partial charge < -0.3 is 9.32 Å². The van der Waals surface area contributed by atoms with Crippen LogP contribution >= 0.6 is 11.6 Å². The van der Waals surface area contributed by atoms with Gasteiger partial charge in [-0.15, -0.1) is 0 Å². The highest BCUT2D eigenvalue weighted by molar-refractivity contribution is 6.30. The van der Waals surface area contributed by atoms with Crippen LogP contribution in [0.25, 0.3) is 0 Å². The summed E-state index contributed by atoms with van der Waals surface area (Å²) in [7, 11) is 1.84. The van der Waals surface area contributed by atoms with Gasteiger partial charge in [-0.1, -0.05) is 37.6 Å². The molecule has 0 N–H and O–H groups in total. The van der Waals surface area contributed by atoms with Gasteiger partial charge in [-0.3, -0.25) is 9.48 Å². The summed E-state index contributed by atoms with van der Waals surface area (Å²) in [5, 5.41) is 5.26. The molecule has 3 aromatic rings. The van der Waals surface area contributed by atoms with E-state index in [9.17, 15) is 4.79 Å². The van der Waals surface area contributed by atoms with Crippen molar-refractivity contribution in [3.8, 4) is 0 Å². The lowest BCUT2D eigenvalue weighted by Crippen LogP contribution is -2.39. The largest absolute Gasteiger partial charge is 0.443 e. The standard InChI is InChI=1S/C24H29ClN4O2/c1-16(2)12-19-14-22(28(3)27-19)24(30)29-11-5-4-6-21(29)23-26-15-20(31-23)13-17-7-9-18(25)10-8-17/h7-10,14-16,21H,4-6,11-13H2,1-3H3/t21-/m1/s1. The summed E-state index contributed by atoms with van der Waals surface area (Å²) in [6.07, 6.45) is 6.16. The van der Waals surface area contributed by atoms with Crippen LogP contribution in [-0.4, -0.2) is 32.1 Å². The van der Waals surface area contributed by atoms with Crippen LogP contribution in [0, 0.1) is 5.92 Å². The average molecular weight is 441 g/mol. The molecular formula is C24H29ClN4O2. The highest BCUT2D eigenvalue weighted by atomic mass is 35.5. The Morgan fingerprint density at radius 1 is 1.26 bits per heavy atom. The number of rotatable bonds is 6. The molecule has 31 heavy (non-hydrogen) atoms. The van der Waals surface area contributed by atoms with Crippen LogP contribution in [0.15, 0.2) is 40.9 Å². The maximum Gasteiger partial charge on any atom is 0.272 e. The van der Waals surface area contributed by atoms with Crippen LogP contribution in [-0.2, 0) is 19.9 Å². The minimum absolute atomic E-state index is 0.00726. The number of oxazole rings is 1. The van der Waals surface area contributed by atoms with E-state index < -0.39 is 0 Å². The van der Waals surface area contributed by atoms with Gasteiger partial charge >= 0.3 is 0 Å². The number of halogens is 1. The Labute approximate surface area is 188 Å². The van der Waals surface area contributed by atoms with Gasteiger partial charge in [0.1, 0.15) is 17.5 Å². The van der Waals surface area contributed by atoms with Crippen molar-refractivity contribution in [1.29, 1.82) is 0 Å². The van der Waals surface area contributed by atoms with Crippen molar-refractivity contribution in [2.75, 3.05) is 6.54 Å². The van der Waals surface area contributed by atoms with Gasteiger partial charge in [0.05, 0.1) is 11.9 Å². The molecule has 1 atom stereocenters. The molecule has 0 unspecified atom stereocenters. The number of carbonyl (C=O) groups is 1. The van der Waals surface area contributed by atoms with Crippen LogP contribution in [0.3, 0.4) is 0 Å². The van der Waals surface area contributed by atoms with Gasteiger partial charge in [-0.2, -0.15) is 5.10 Å². The molecule has 0 saturated carbocycles. The van der Waals surface area contributed by atoms with E-state index in [2.05, 4.69) is 23.9 Å². The minimum atomic E-state index is -0.149. The first kappa shape index (κ1) is 21.6. The Morgan fingerprint density at radius 2 is 2.03 bits per heavy atom. The summed E-state index contributed by atoms with van der Waals surface area (Å²) in [4.78, 5) is 19.9. The average Bonchev–Trinajstić information content (AvgIpc) is 3.35. The van der Waals surface area contributed by atoms with Crippen LogP contribution in [0.1, 0.15) is 72.5 Å². The van der Waals surface area contributed by atoms with Crippen molar-refractivity contribution >= 4 is 17.5 Å². The van der Waals surface area contributed by atoms with E-state index in [0.29, 0.717) is 35.5 Å². The molecule has 1 fully saturated rings. The lowest BCUT2D eigenvalue weighted by atomic mass is 10.0. The van der Waals surface area contributed by atoms with E-state index in [1.54, 1.807) is 10.9 Å². The normalized spacial score (nSPS) is 16.8. The monoisotopic (exact) mass is 440 g/mol. The van der Waals surface area contributed by atoms with Gasteiger partial charge in [0, 0.05) is 25.0 Å². The van der Waals surface area contributed by atoms with Crippen molar-refractivity contribution in [1.82, 2.24) is 19.7 Å². The molecule has 1 aliphatic rings. The zero-order chi connectivity index (χ0) is 22.0. The van der Waals surface area contributed by atoms with Crippen LogP contribution in [0.5, 0.6) is 0 Å². The van der Waals surface area contributed by atoms with Crippen molar-refractivity contribution in [3.05, 3.63) is 70.2 Å². The molecule has 6 nitrogen and oxygen atoms in total. The molecule has 7 heteroatoms. The number of aromatic nitrogens is 3. The molecule has 0 bridgehead atoms. The number of amides is 1. The number of aryl methyl sites for hydroxylation is 1. The van der Waals surface area contributed by atoms with Gasteiger partial charge in [-0.05, 0) is 55.4 Å². The van der Waals surface area contributed by atoms with Gasteiger partial charge in [0.25, 0.3) is 5.91 Å². The SMILES string of the molecule is CC(C)Cc1cc(C(=O)N2CCCC[C@@H]2c2ncc(Cc3ccc(Cl)cc3)o2)n(C)n1. The fraction of sp³-hybridized carbons (Fsp3) is 0.458. The lowest BCUT2D eigenvalue weighted by Gasteiger charge is -2.33. The first-order valence-corrected chi connectivity index (χ1v) is 11.3. The maximum atomic E-state index is 13.4. The Kier molecular flexibility index (Phi) is 6.46. The molecule has 1 saturated heterocycles. The van der Waals surface area contributed by atoms with E-state index in [0.717, 1.165) is 42.7 Å². The molecule has 1 aliphatic heterocycles. The number of piperidine rings is 1. The fourth-order valence-corrected chi connectivity index (χ4v) is 4.31. The second-order valence-corrected chi connectivity index (χ2v) is 9.16. The minimum Gasteiger partial charge on any atom is -0.443 e. The van der Waals surface area contributed by atoms with Crippen LogP contribution in [0.4, 0.5) is 0 Å². The zero-order valence-electron chi connectivity index (χ0n) is 18.3. The van der Waals surface area contributed by atoms with Crippen LogP contribution < -0.4 is 0 Å². The first-order valence-electron chi connectivity index (χ1n) is 10.9. The number of benzene rings is 1. The number of likely N-dealkylation sites (tertiary alicyclic amines) is 1. The fourth-order valence-electron chi connectivity index (χ4n) is 4.19. The summed E-state index contributed by atoms with van der Waals surface area (Å²) >= 11 is 5.97. The highest BCUT2D eigenvalue weighted by Crippen LogP contribution is 2.32. The topological polar surface area (TPSA) is 64.2 Å². The van der Waals surface area contributed by atoms with Gasteiger partial charge in [0.2, 0.25) is 5.89 Å². The van der Waals surface area contributed by atoms with Crippen molar-refractivity contribution in [2.24, 2.45) is 13.0 Å². The third kappa shape index (κ3) is 5.01. The molecule has 2 aromatic heterocycles. The smallest absolute Gasteiger partial charge is 0.272 e. The van der Waals surface area contributed by atoms with E-state index in [4.69, 9.17) is 16.0 Å². The second kappa shape index (κ2) is 9.27. The van der Waals surface area contributed by atoms with Crippen molar-refractivity contribution in [3.63, 3.8) is 0 Å². The first-order chi connectivity index (χ1) is 14.9. The summed E-state index contributed by atoms with van der Waals surface area (Å²) in [6, 6.07) is 9.49. The zero-order valence-corrected chi connectivity index (χ0v) is 19.1. The number of hydrogen-bond donors (Lipinski definition) is 0. The van der Waals surface area contributed by atoms with Crippen LogP contribution in [0.2, 0.25) is 5.02 Å². The van der Waals surface area contributed by atoms with Crippen molar-refractivity contribution < 1.29 is 9.21 Å². The summed E-state index contributed by atoms with van der Waals surface area (Å²) in [6.45, 7) is 5.01. The maximum absolute atomic E-state index is 13.4. The molecule has 4 rings (SSSR count). The lowest BCUT2D eigenvalue weighted by molar-refractivity contribution is 0.0558. The molecule has 164 valence electrons. The third-order valence-corrected chi connectivity index (χ3v) is 5.93. The predicted octanol–water partition coefficient (Wildman–Crippen LogP) is 5.22. The summed E-state index contributed by atoms with van der Waals surface area (Å²) in [5.41, 5.74) is 2.68. The molecular weight excluding hydrogens is 412 g/mol. The van der Waals surface area contributed by atoms with E-state index in [1.165, 1.54) is 0 Å². The number of nitrogens with zero attached hydrogens (tertiary/aromatic N) is 4. The number of hydrogen-bond acceptors (Lipinski definition) is 4. The highest BCUT2D eigenvalue weighted by Gasteiger charge is 2.33. The second-order valence-electron chi connectivity index (χ2n) is 8.72. The Morgan fingerprint density at radius 3 is 2.77 bits per heavy atom. The van der Waals surface area contributed by atoms with E-state index >= 15 is 0 Å². The quantitative estimate of drug-likeness (QED) is 0.527. The van der Waals surface area contributed by atoms with E-state index in [-0.39, 0.29) is 11.9 Å². The Hall–Kier alpha value is -2.60. The van der Waals surface area contributed by atoms with E-state index in [1.807, 2.05) is 42.3 Å². The molecule has 3 heterocycles. The molecule has 1 amide bonds. The summed E-state index contributed by atoms with van der Waals surface area (Å²) < 4.78 is 7.80. The van der Waals surface area contributed by atoms with Crippen molar-refractivity contribution in [2.45, 2.75) is 52.0 Å². The predicted molar refractivity (Wildman–Crippen MR) is 120 cm³/mol. The summed E-state index contributed by atoms with van der Waals surface area (Å²) in [5.74, 6) is 1.88. The number of carbonyl (C=O) groups excluding carboxylic acids is 1. The Balaban J connectivity index is 1.52. The molecule has 0 radical (unpaired) electrons. The Bertz CT molecular complexity index is 1040.